The van der Waals surface area contributed by atoms with E-state index in [4.69, 9.17) is 0 Å². The van der Waals surface area contributed by atoms with Crippen molar-refractivity contribution in [2.45, 2.75) is 6.54 Å². The van der Waals surface area contributed by atoms with E-state index in [2.05, 4.69) is 5.32 Å². The molecule has 1 saturated heterocycles. The van der Waals surface area contributed by atoms with Gasteiger partial charge in [0.25, 0.3) is 0 Å². The number of nitrogens with one attached hydrogen (secondary N) is 1. The van der Waals surface area contributed by atoms with Crippen molar-refractivity contribution in [1.29, 1.82) is 0 Å². The molecule has 6 nitrogen and oxygen atoms in total. The maximum atomic E-state index is 13.3. The predicted octanol–water partition coefficient (Wildman–Crippen LogP) is 1.32. The van der Waals surface area contributed by atoms with E-state index < -0.39 is 17.6 Å². The minimum absolute atomic E-state index is 0.186. The Kier molecular flexibility index (Phi) is 5.26. The van der Waals surface area contributed by atoms with E-state index in [1.807, 2.05) is 30.3 Å². The number of amides is 3. The van der Waals surface area contributed by atoms with E-state index in [1.165, 1.54) is 28.0 Å². The average molecular weight is 355 g/mol. The highest BCUT2D eigenvalue weighted by Crippen LogP contribution is 2.18. The molecule has 26 heavy (non-hydrogen) atoms. The number of anilines is 1. The fraction of sp³-hybridized carbons (Fsp3) is 0.211. The van der Waals surface area contributed by atoms with Gasteiger partial charge < -0.3 is 15.1 Å². The second-order valence-corrected chi connectivity index (χ2v) is 5.93. The zero-order valence-electron chi connectivity index (χ0n) is 14.0. The highest BCUT2D eigenvalue weighted by molar-refractivity contribution is 6.41. The summed E-state index contributed by atoms with van der Waals surface area (Å²) < 4.78 is 13.3. The molecule has 0 aromatic heterocycles. The monoisotopic (exact) mass is 355 g/mol. The normalized spacial score (nSPS) is 14.5. The van der Waals surface area contributed by atoms with E-state index in [1.54, 1.807) is 6.07 Å². The molecule has 3 amide bonds. The van der Waals surface area contributed by atoms with Gasteiger partial charge in [0.1, 0.15) is 12.4 Å². The van der Waals surface area contributed by atoms with Crippen LogP contribution >= 0.6 is 0 Å². The number of halogens is 1. The summed E-state index contributed by atoms with van der Waals surface area (Å²) in [6, 6.07) is 14.9. The van der Waals surface area contributed by atoms with Gasteiger partial charge in [0.15, 0.2) is 0 Å². The maximum Gasteiger partial charge on any atom is 0.316 e. The molecule has 0 bridgehead atoms. The summed E-state index contributed by atoms with van der Waals surface area (Å²) in [6.45, 7) is 0.583. The summed E-state index contributed by atoms with van der Waals surface area (Å²) in [6.07, 6.45) is 0. The van der Waals surface area contributed by atoms with Crippen LogP contribution in [0.4, 0.5) is 10.1 Å². The standard InChI is InChI=1S/C19H18FN3O3/c20-15-7-4-8-16(11-15)23-10-9-22(18(25)19(23)26)13-17(24)21-12-14-5-2-1-3-6-14/h1-8,11H,9-10,12-13H2,(H,21,24). The highest BCUT2D eigenvalue weighted by atomic mass is 19.1. The predicted molar refractivity (Wildman–Crippen MR) is 93.6 cm³/mol. The highest BCUT2D eigenvalue weighted by Gasteiger charge is 2.34. The second-order valence-electron chi connectivity index (χ2n) is 5.93. The van der Waals surface area contributed by atoms with Crippen LogP contribution in [0.5, 0.6) is 0 Å². The number of rotatable bonds is 5. The maximum absolute atomic E-state index is 13.3. The zero-order valence-corrected chi connectivity index (χ0v) is 14.0. The van der Waals surface area contributed by atoms with E-state index in [-0.39, 0.29) is 25.5 Å². The Morgan fingerprint density at radius 1 is 1.00 bits per heavy atom. The molecule has 3 rings (SSSR count). The fourth-order valence-corrected chi connectivity index (χ4v) is 2.74. The molecule has 134 valence electrons. The van der Waals surface area contributed by atoms with Crippen LogP contribution in [0, 0.1) is 5.82 Å². The van der Waals surface area contributed by atoms with Crippen molar-refractivity contribution in [2.75, 3.05) is 24.5 Å². The van der Waals surface area contributed by atoms with Crippen molar-refractivity contribution < 1.29 is 18.8 Å². The van der Waals surface area contributed by atoms with Crippen molar-refractivity contribution in [2.24, 2.45) is 0 Å². The average Bonchev–Trinajstić information content (AvgIpc) is 2.65. The van der Waals surface area contributed by atoms with Crippen LogP contribution in [0.3, 0.4) is 0 Å². The van der Waals surface area contributed by atoms with E-state index >= 15 is 0 Å². The summed E-state index contributed by atoms with van der Waals surface area (Å²) in [5.74, 6) is -2.35. The SMILES string of the molecule is O=C(CN1CCN(c2cccc(F)c2)C(=O)C1=O)NCc1ccccc1. The van der Waals surface area contributed by atoms with Crippen molar-refractivity contribution in [3.63, 3.8) is 0 Å². The first-order chi connectivity index (χ1) is 12.5. The number of nitrogens with zero attached hydrogens (tertiary/aromatic N) is 2. The van der Waals surface area contributed by atoms with E-state index in [0.717, 1.165) is 5.56 Å². The topological polar surface area (TPSA) is 69.7 Å². The summed E-state index contributed by atoms with van der Waals surface area (Å²) in [5, 5.41) is 2.72. The minimum Gasteiger partial charge on any atom is -0.350 e. The lowest BCUT2D eigenvalue weighted by atomic mass is 10.2. The molecule has 0 atom stereocenters. The van der Waals surface area contributed by atoms with Gasteiger partial charge in [-0.25, -0.2) is 4.39 Å². The summed E-state index contributed by atoms with van der Waals surface area (Å²) in [4.78, 5) is 39.0. The van der Waals surface area contributed by atoms with Crippen LogP contribution in [-0.2, 0) is 20.9 Å². The van der Waals surface area contributed by atoms with Gasteiger partial charge in [-0.05, 0) is 23.8 Å². The molecule has 2 aromatic rings. The van der Waals surface area contributed by atoms with Crippen molar-refractivity contribution in [3.8, 4) is 0 Å². The van der Waals surface area contributed by atoms with Gasteiger partial charge in [0, 0.05) is 25.3 Å². The van der Waals surface area contributed by atoms with Crippen LogP contribution < -0.4 is 10.2 Å². The summed E-state index contributed by atoms with van der Waals surface area (Å²) >= 11 is 0. The van der Waals surface area contributed by atoms with Crippen LogP contribution in [-0.4, -0.2) is 42.3 Å². The molecule has 7 heteroatoms. The third kappa shape index (κ3) is 4.05. The van der Waals surface area contributed by atoms with Gasteiger partial charge in [-0.15, -0.1) is 0 Å². The molecule has 0 saturated carbocycles. The Balaban J connectivity index is 1.57. The molecule has 1 heterocycles. The molecule has 1 N–H and O–H groups in total. The number of piperazine rings is 1. The van der Waals surface area contributed by atoms with Gasteiger partial charge >= 0.3 is 11.8 Å². The number of carbonyl (C=O) groups excluding carboxylic acids is 3. The molecular formula is C19H18FN3O3. The van der Waals surface area contributed by atoms with Crippen LogP contribution in [0.1, 0.15) is 5.56 Å². The smallest absolute Gasteiger partial charge is 0.316 e. The Morgan fingerprint density at radius 3 is 2.50 bits per heavy atom. The molecule has 2 aromatic carbocycles. The Morgan fingerprint density at radius 2 is 1.77 bits per heavy atom. The minimum atomic E-state index is -0.768. The first kappa shape index (κ1) is 17.6. The van der Waals surface area contributed by atoms with Crippen molar-refractivity contribution in [1.82, 2.24) is 10.2 Å². The Bertz CT molecular complexity index is 826. The van der Waals surface area contributed by atoms with Gasteiger partial charge in [0.2, 0.25) is 5.91 Å². The number of hydrogen-bond donors (Lipinski definition) is 1. The van der Waals surface area contributed by atoms with Crippen LogP contribution in [0.25, 0.3) is 0 Å². The Hall–Kier alpha value is -3.22. The Labute approximate surface area is 150 Å². The molecule has 1 aliphatic rings. The lowest BCUT2D eigenvalue weighted by molar-refractivity contribution is -0.147. The fourth-order valence-electron chi connectivity index (χ4n) is 2.74. The molecule has 1 aliphatic heterocycles. The number of carbonyl (C=O) groups is 3. The van der Waals surface area contributed by atoms with Crippen molar-refractivity contribution >= 4 is 23.4 Å². The molecule has 0 aliphatic carbocycles. The third-order valence-electron chi connectivity index (χ3n) is 4.10. The third-order valence-corrected chi connectivity index (χ3v) is 4.10. The zero-order chi connectivity index (χ0) is 18.5. The van der Waals surface area contributed by atoms with Gasteiger partial charge in [-0.2, -0.15) is 0 Å². The first-order valence-electron chi connectivity index (χ1n) is 8.21. The summed E-state index contributed by atoms with van der Waals surface area (Å²) in [7, 11) is 0. The van der Waals surface area contributed by atoms with Gasteiger partial charge in [0.05, 0.1) is 0 Å². The van der Waals surface area contributed by atoms with Gasteiger partial charge in [-0.3, -0.25) is 14.4 Å². The molecular weight excluding hydrogens is 337 g/mol. The second kappa shape index (κ2) is 7.77. The quantitative estimate of drug-likeness (QED) is 0.823. The van der Waals surface area contributed by atoms with Crippen LogP contribution in [0.15, 0.2) is 54.6 Å². The van der Waals surface area contributed by atoms with Crippen molar-refractivity contribution in [3.05, 3.63) is 66.0 Å². The number of hydrogen-bond acceptors (Lipinski definition) is 3. The van der Waals surface area contributed by atoms with Crippen LogP contribution in [0.2, 0.25) is 0 Å². The van der Waals surface area contributed by atoms with Gasteiger partial charge in [-0.1, -0.05) is 36.4 Å². The lowest BCUT2D eigenvalue weighted by Crippen LogP contribution is -2.56. The largest absolute Gasteiger partial charge is 0.350 e. The molecule has 1 fully saturated rings. The molecule has 0 unspecified atom stereocenters. The number of benzene rings is 2. The van der Waals surface area contributed by atoms with E-state index in [9.17, 15) is 18.8 Å². The van der Waals surface area contributed by atoms with E-state index in [0.29, 0.717) is 12.2 Å². The lowest BCUT2D eigenvalue weighted by Gasteiger charge is -2.33. The first-order valence-corrected chi connectivity index (χ1v) is 8.21. The molecule has 0 spiro atoms. The summed E-state index contributed by atoms with van der Waals surface area (Å²) in [5.41, 5.74) is 1.27. The molecule has 0 radical (unpaired) electrons.